The average Bonchev–Trinajstić information content (AvgIpc) is 3.40. The molecule has 5 aromatic carbocycles. The molecule has 1 amide bonds. The Bertz CT molecular complexity index is 2050. The van der Waals surface area contributed by atoms with Gasteiger partial charge in [0.05, 0.1) is 6.04 Å². The molecule has 1 aromatic heterocycles. The van der Waals surface area contributed by atoms with E-state index < -0.39 is 0 Å². The molecule has 236 valence electrons. The predicted octanol–water partition coefficient (Wildman–Crippen LogP) is 7.82. The summed E-state index contributed by atoms with van der Waals surface area (Å²) in [6.07, 6.45) is 0.796. The molecule has 0 aliphatic carbocycles. The molecule has 0 radical (unpaired) electrons. The van der Waals surface area contributed by atoms with Gasteiger partial charge in [-0.1, -0.05) is 72.8 Å². The van der Waals surface area contributed by atoms with Crippen LogP contribution in [0.3, 0.4) is 0 Å². The van der Waals surface area contributed by atoms with Gasteiger partial charge in [0.15, 0.2) is 0 Å². The Balaban J connectivity index is 1.18. The number of anilines is 1. The zero-order valence-electron chi connectivity index (χ0n) is 26.7. The largest absolute Gasteiger partial charge is 0.369 e. The quantitative estimate of drug-likeness (QED) is 0.182. The number of nitrogens with zero attached hydrogens (tertiary/aromatic N) is 4. The Hall–Kier alpha value is -4.94. The van der Waals surface area contributed by atoms with Crippen LogP contribution in [0, 0.1) is 5.82 Å². The van der Waals surface area contributed by atoms with Crippen LogP contribution in [0.25, 0.3) is 21.8 Å². The van der Waals surface area contributed by atoms with Crippen LogP contribution < -0.4 is 4.90 Å². The van der Waals surface area contributed by atoms with Gasteiger partial charge in [-0.25, -0.2) is 4.39 Å². The molecule has 6 heteroatoms. The van der Waals surface area contributed by atoms with Gasteiger partial charge in [-0.15, -0.1) is 0 Å². The summed E-state index contributed by atoms with van der Waals surface area (Å²) in [6, 6.07) is 40.9. The van der Waals surface area contributed by atoms with Gasteiger partial charge in [-0.2, -0.15) is 0 Å². The van der Waals surface area contributed by atoms with E-state index in [1.165, 1.54) is 32.9 Å². The zero-order valence-corrected chi connectivity index (χ0v) is 26.7. The SMILES string of the molecule is Cn1c2ccccc2c2cc([C@H]3[C@H](CN4CCN(c5ccc(F)cc5)CC4)c4ccccc4C(=O)N3CCc3ccccc3)ccc21. The lowest BCUT2D eigenvalue weighted by Crippen LogP contribution is -2.51. The maximum atomic E-state index is 14.4. The van der Waals surface area contributed by atoms with Crippen molar-refractivity contribution in [2.24, 2.45) is 7.05 Å². The van der Waals surface area contributed by atoms with Gasteiger partial charge in [0.1, 0.15) is 5.82 Å². The topological polar surface area (TPSA) is 31.7 Å². The lowest BCUT2D eigenvalue weighted by Gasteiger charge is -2.45. The highest BCUT2D eigenvalue weighted by Gasteiger charge is 2.41. The molecule has 0 unspecified atom stereocenters. The number of fused-ring (bicyclic) bond motifs is 4. The minimum Gasteiger partial charge on any atom is -0.369 e. The first kappa shape index (κ1) is 29.5. The minimum absolute atomic E-state index is 0.101. The summed E-state index contributed by atoms with van der Waals surface area (Å²) >= 11 is 0. The van der Waals surface area contributed by atoms with Gasteiger partial charge >= 0.3 is 0 Å². The van der Waals surface area contributed by atoms with Crippen molar-refractivity contribution in [3.63, 3.8) is 0 Å². The fourth-order valence-electron chi connectivity index (χ4n) is 7.92. The first-order valence-corrected chi connectivity index (χ1v) is 16.7. The summed E-state index contributed by atoms with van der Waals surface area (Å²) in [4.78, 5) is 21.5. The molecule has 3 heterocycles. The molecule has 2 aliphatic rings. The minimum atomic E-state index is -0.206. The van der Waals surface area contributed by atoms with E-state index in [0.717, 1.165) is 56.0 Å². The molecular weight excluding hydrogens is 583 g/mol. The van der Waals surface area contributed by atoms with Gasteiger partial charge in [-0.3, -0.25) is 9.69 Å². The van der Waals surface area contributed by atoms with Crippen LogP contribution in [-0.4, -0.2) is 59.5 Å². The molecule has 1 fully saturated rings. The van der Waals surface area contributed by atoms with E-state index in [-0.39, 0.29) is 23.7 Å². The van der Waals surface area contributed by atoms with Crippen molar-refractivity contribution < 1.29 is 9.18 Å². The predicted molar refractivity (Wildman–Crippen MR) is 189 cm³/mol. The Labute approximate surface area is 275 Å². The molecule has 0 N–H and O–H groups in total. The van der Waals surface area contributed by atoms with Crippen LogP contribution in [-0.2, 0) is 13.5 Å². The Morgan fingerprint density at radius 1 is 0.723 bits per heavy atom. The Kier molecular flexibility index (Phi) is 7.74. The van der Waals surface area contributed by atoms with Crippen molar-refractivity contribution in [3.05, 3.63) is 149 Å². The number of amides is 1. The lowest BCUT2D eigenvalue weighted by molar-refractivity contribution is 0.0579. The highest BCUT2D eigenvalue weighted by molar-refractivity contribution is 6.08. The molecule has 47 heavy (non-hydrogen) atoms. The van der Waals surface area contributed by atoms with Crippen LogP contribution in [0.1, 0.15) is 39.0 Å². The van der Waals surface area contributed by atoms with Crippen molar-refractivity contribution in [2.45, 2.75) is 18.4 Å². The lowest BCUT2D eigenvalue weighted by atomic mass is 9.79. The van der Waals surface area contributed by atoms with E-state index in [9.17, 15) is 9.18 Å². The number of para-hydroxylation sites is 1. The zero-order chi connectivity index (χ0) is 31.9. The molecular formula is C41H39FN4O. The molecule has 6 aromatic rings. The van der Waals surface area contributed by atoms with Crippen LogP contribution in [0.4, 0.5) is 10.1 Å². The van der Waals surface area contributed by atoms with E-state index in [0.29, 0.717) is 6.54 Å². The number of hydrogen-bond acceptors (Lipinski definition) is 3. The third-order valence-electron chi connectivity index (χ3n) is 10.4. The van der Waals surface area contributed by atoms with E-state index >= 15 is 0 Å². The number of rotatable bonds is 7. The van der Waals surface area contributed by atoms with Crippen LogP contribution in [0.2, 0.25) is 0 Å². The van der Waals surface area contributed by atoms with Gasteiger partial charge < -0.3 is 14.4 Å². The number of aryl methyl sites for hydroxylation is 1. The molecule has 0 saturated carbocycles. The maximum Gasteiger partial charge on any atom is 0.254 e. The van der Waals surface area contributed by atoms with Gasteiger partial charge in [0, 0.05) is 85.3 Å². The van der Waals surface area contributed by atoms with Gasteiger partial charge in [0.25, 0.3) is 5.91 Å². The summed E-state index contributed by atoms with van der Waals surface area (Å²) in [6.45, 7) is 5.06. The molecule has 2 atom stereocenters. The molecule has 0 bridgehead atoms. The number of aromatic nitrogens is 1. The monoisotopic (exact) mass is 622 g/mol. The summed E-state index contributed by atoms with van der Waals surface area (Å²) < 4.78 is 15.9. The smallest absolute Gasteiger partial charge is 0.254 e. The maximum absolute atomic E-state index is 14.4. The van der Waals surface area contributed by atoms with E-state index in [4.69, 9.17) is 0 Å². The molecule has 2 aliphatic heterocycles. The molecule has 5 nitrogen and oxygen atoms in total. The number of halogens is 1. The highest BCUT2D eigenvalue weighted by atomic mass is 19.1. The fraction of sp³-hybridized carbons (Fsp3) is 0.244. The van der Waals surface area contributed by atoms with Crippen molar-refractivity contribution in [1.29, 1.82) is 0 Å². The average molecular weight is 623 g/mol. The van der Waals surface area contributed by atoms with Crippen molar-refractivity contribution in [1.82, 2.24) is 14.4 Å². The van der Waals surface area contributed by atoms with E-state index in [1.54, 1.807) is 12.1 Å². The third kappa shape index (κ3) is 5.47. The third-order valence-corrected chi connectivity index (χ3v) is 10.4. The number of carbonyl (C=O) groups is 1. The van der Waals surface area contributed by atoms with Crippen LogP contribution >= 0.6 is 0 Å². The summed E-state index contributed by atoms with van der Waals surface area (Å²) in [5, 5.41) is 2.46. The Morgan fingerprint density at radius 3 is 2.23 bits per heavy atom. The number of carbonyl (C=O) groups excluding carboxylic acids is 1. The summed E-state index contributed by atoms with van der Waals surface area (Å²) in [5.74, 6) is 0.00356. The first-order chi connectivity index (χ1) is 23.0. The van der Waals surface area contributed by atoms with Gasteiger partial charge in [0.2, 0.25) is 0 Å². The summed E-state index contributed by atoms with van der Waals surface area (Å²) in [5.41, 5.74) is 7.84. The molecule has 8 rings (SSSR count). The first-order valence-electron chi connectivity index (χ1n) is 16.7. The second-order valence-corrected chi connectivity index (χ2v) is 13.0. The molecule has 0 spiro atoms. The highest BCUT2D eigenvalue weighted by Crippen LogP contribution is 2.44. The van der Waals surface area contributed by atoms with Gasteiger partial charge in [-0.05, 0) is 71.6 Å². The number of piperazine rings is 1. The van der Waals surface area contributed by atoms with Crippen LogP contribution in [0.5, 0.6) is 0 Å². The second kappa shape index (κ2) is 12.3. The van der Waals surface area contributed by atoms with E-state index in [2.05, 4.69) is 105 Å². The van der Waals surface area contributed by atoms with Crippen molar-refractivity contribution in [3.8, 4) is 0 Å². The van der Waals surface area contributed by atoms with E-state index in [1.807, 2.05) is 30.3 Å². The second-order valence-electron chi connectivity index (χ2n) is 13.0. The fourth-order valence-corrected chi connectivity index (χ4v) is 7.92. The number of benzene rings is 5. The Morgan fingerprint density at radius 2 is 1.43 bits per heavy atom. The normalized spacial score (nSPS) is 18.6. The van der Waals surface area contributed by atoms with Crippen LogP contribution in [0.15, 0.2) is 121 Å². The summed E-state index contributed by atoms with van der Waals surface area (Å²) in [7, 11) is 2.13. The van der Waals surface area contributed by atoms with Crippen molar-refractivity contribution >= 4 is 33.4 Å². The molecule has 1 saturated heterocycles. The number of hydrogen-bond donors (Lipinski definition) is 0. The van der Waals surface area contributed by atoms with Crippen molar-refractivity contribution in [2.75, 3.05) is 44.2 Å². The standard InChI is InChI=1S/C41H39FN4O/c1-43-38-14-8-7-12-34(38)36-27-30(15-20-39(36)43)40-37(28-44-23-25-45(26-24-44)32-18-16-31(42)17-19-32)33-11-5-6-13-35(33)41(47)46(40)22-21-29-9-3-2-4-10-29/h2-20,27,37,40H,21-26,28H2,1H3/t37-,40+/m1/s1.